The number of benzene rings is 2. The number of hydrogen-bond donors (Lipinski definition) is 0. The molecule has 0 spiro atoms. The first-order valence-corrected chi connectivity index (χ1v) is 10.3. The van der Waals surface area contributed by atoms with Crippen LogP contribution in [0.2, 0.25) is 0 Å². The molecule has 0 unspecified atom stereocenters. The quantitative estimate of drug-likeness (QED) is 0.623. The summed E-state index contributed by atoms with van der Waals surface area (Å²) in [5.74, 6) is 2.69. The van der Waals surface area contributed by atoms with Crippen LogP contribution in [0.3, 0.4) is 0 Å². The summed E-state index contributed by atoms with van der Waals surface area (Å²) in [6.45, 7) is 4.60. The summed E-state index contributed by atoms with van der Waals surface area (Å²) < 4.78 is 10.6. The third kappa shape index (κ3) is 4.62. The molecule has 1 amide bonds. The van der Waals surface area contributed by atoms with Crippen molar-refractivity contribution in [2.45, 2.75) is 32.2 Å². The molecule has 7 nitrogen and oxygen atoms in total. The van der Waals surface area contributed by atoms with E-state index in [9.17, 15) is 4.79 Å². The highest BCUT2D eigenvalue weighted by Gasteiger charge is 2.26. The second-order valence-electron chi connectivity index (χ2n) is 8.03. The molecule has 2 heterocycles. The van der Waals surface area contributed by atoms with Gasteiger partial charge in [-0.2, -0.15) is 4.98 Å². The van der Waals surface area contributed by atoms with Crippen LogP contribution >= 0.6 is 0 Å². The first kappa shape index (κ1) is 20.3. The third-order valence-electron chi connectivity index (χ3n) is 5.80. The van der Waals surface area contributed by atoms with Crippen LogP contribution in [-0.2, 0) is 11.3 Å². The molecule has 0 N–H and O–H groups in total. The molecule has 30 heavy (non-hydrogen) atoms. The number of aromatic nitrogens is 2. The van der Waals surface area contributed by atoms with Crippen molar-refractivity contribution in [2.75, 3.05) is 33.8 Å². The van der Waals surface area contributed by atoms with Crippen LogP contribution in [0, 0.1) is 6.92 Å². The van der Waals surface area contributed by atoms with Gasteiger partial charge in [0.15, 0.2) is 5.82 Å². The number of carbonyl (C=O) groups excluding carboxylic acids is 1. The Kier molecular flexibility index (Phi) is 5.99. The van der Waals surface area contributed by atoms with E-state index in [2.05, 4.69) is 39.3 Å². The van der Waals surface area contributed by atoms with E-state index in [1.54, 1.807) is 12.0 Å². The smallest absolute Gasteiger partial charge is 0.236 e. The number of nitrogens with zero attached hydrogens (tertiary/aromatic N) is 4. The Labute approximate surface area is 176 Å². The fraction of sp³-hybridized carbons (Fsp3) is 0.435. The first-order chi connectivity index (χ1) is 14.5. The number of hydrogen-bond acceptors (Lipinski definition) is 6. The van der Waals surface area contributed by atoms with Gasteiger partial charge in [0.2, 0.25) is 11.8 Å². The molecule has 0 radical (unpaired) electrons. The third-order valence-corrected chi connectivity index (χ3v) is 5.80. The van der Waals surface area contributed by atoms with Crippen LogP contribution < -0.4 is 4.74 Å². The average molecular weight is 409 g/mol. The Morgan fingerprint density at radius 2 is 1.93 bits per heavy atom. The Bertz CT molecular complexity index is 1020. The maximum atomic E-state index is 12.7. The fourth-order valence-electron chi connectivity index (χ4n) is 3.99. The van der Waals surface area contributed by atoms with Crippen molar-refractivity contribution in [3.8, 4) is 5.75 Å². The highest BCUT2D eigenvalue weighted by Crippen LogP contribution is 2.27. The number of carbonyl (C=O) groups is 1. The second kappa shape index (κ2) is 8.83. The van der Waals surface area contributed by atoms with Crippen molar-refractivity contribution in [2.24, 2.45) is 0 Å². The van der Waals surface area contributed by atoms with Gasteiger partial charge in [-0.3, -0.25) is 9.69 Å². The van der Waals surface area contributed by atoms with Gasteiger partial charge in [-0.05, 0) is 67.4 Å². The Hall–Kier alpha value is -2.93. The van der Waals surface area contributed by atoms with E-state index in [4.69, 9.17) is 9.26 Å². The SMILES string of the molecule is COc1ccc2cc(CN(C)C(=O)CN3CCC(c4nc(C)no4)CC3)ccc2c1. The molecule has 1 saturated heterocycles. The highest BCUT2D eigenvalue weighted by molar-refractivity contribution is 5.84. The van der Waals surface area contributed by atoms with Gasteiger partial charge in [-0.15, -0.1) is 0 Å². The number of piperidine rings is 1. The van der Waals surface area contributed by atoms with Gasteiger partial charge in [0.1, 0.15) is 5.75 Å². The molecular formula is C23H28N4O3. The summed E-state index contributed by atoms with van der Waals surface area (Å²) in [7, 11) is 3.54. The molecule has 0 aliphatic carbocycles. The van der Waals surface area contributed by atoms with Crippen molar-refractivity contribution >= 4 is 16.7 Å². The second-order valence-corrected chi connectivity index (χ2v) is 8.03. The number of rotatable bonds is 6. The maximum absolute atomic E-state index is 12.7. The molecule has 7 heteroatoms. The van der Waals surface area contributed by atoms with Crippen LogP contribution in [-0.4, -0.2) is 59.6 Å². The van der Waals surface area contributed by atoms with Gasteiger partial charge < -0.3 is 14.2 Å². The van der Waals surface area contributed by atoms with Gasteiger partial charge in [0.25, 0.3) is 0 Å². The number of likely N-dealkylation sites (N-methyl/N-ethyl adjacent to an activating group) is 1. The standard InChI is InChI=1S/C23H28N4O3/c1-16-24-23(30-25-16)18-8-10-27(11-9-18)15-22(28)26(2)14-17-4-5-20-13-21(29-3)7-6-19(20)12-17/h4-7,12-13,18H,8-11,14-15H2,1-3H3. The van der Waals surface area contributed by atoms with E-state index in [0.29, 0.717) is 24.8 Å². The number of fused-ring (bicyclic) bond motifs is 1. The van der Waals surface area contributed by atoms with E-state index >= 15 is 0 Å². The van der Waals surface area contributed by atoms with E-state index in [1.165, 1.54) is 0 Å². The van der Waals surface area contributed by atoms with Crippen molar-refractivity contribution in [3.05, 3.63) is 53.7 Å². The van der Waals surface area contributed by atoms with Gasteiger partial charge in [-0.1, -0.05) is 23.4 Å². The number of methoxy groups -OCH3 is 1. The number of ether oxygens (including phenoxy) is 1. The normalized spacial score (nSPS) is 15.4. The number of likely N-dealkylation sites (tertiary alicyclic amines) is 1. The summed E-state index contributed by atoms with van der Waals surface area (Å²) in [4.78, 5) is 21.1. The van der Waals surface area contributed by atoms with Crippen LogP contribution in [0.15, 0.2) is 40.9 Å². The minimum Gasteiger partial charge on any atom is -0.497 e. The molecule has 1 fully saturated rings. The first-order valence-electron chi connectivity index (χ1n) is 10.3. The maximum Gasteiger partial charge on any atom is 0.236 e. The Balaban J connectivity index is 1.30. The lowest BCUT2D eigenvalue weighted by Gasteiger charge is -2.31. The molecule has 0 saturated carbocycles. The van der Waals surface area contributed by atoms with Crippen LogP contribution in [0.4, 0.5) is 0 Å². The lowest BCUT2D eigenvalue weighted by molar-refractivity contribution is -0.131. The zero-order valence-corrected chi connectivity index (χ0v) is 17.8. The summed E-state index contributed by atoms with van der Waals surface area (Å²) in [6, 6.07) is 12.3. The van der Waals surface area contributed by atoms with Crippen molar-refractivity contribution in [1.82, 2.24) is 19.9 Å². The molecule has 158 valence electrons. The minimum absolute atomic E-state index is 0.136. The predicted molar refractivity (Wildman–Crippen MR) is 114 cm³/mol. The highest BCUT2D eigenvalue weighted by atomic mass is 16.5. The van der Waals surface area contributed by atoms with Crippen molar-refractivity contribution in [1.29, 1.82) is 0 Å². The molecule has 0 atom stereocenters. The molecule has 1 aromatic heterocycles. The lowest BCUT2D eigenvalue weighted by atomic mass is 9.97. The molecule has 1 aliphatic heterocycles. The zero-order chi connectivity index (χ0) is 21.1. The summed E-state index contributed by atoms with van der Waals surface area (Å²) in [6.07, 6.45) is 1.87. The average Bonchev–Trinajstić information content (AvgIpc) is 3.20. The monoisotopic (exact) mass is 408 g/mol. The minimum atomic E-state index is 0.136. The van der Waals surface area contributed by atoms with Crippen LogP contribution in [0.25, 0.3) is 10.8 Å². The Morgan fingerprint density at radius 1 is 1.20 bits per heavy atom. The van der Waals surface area contributed by atoms with Crippen molar-refractivity contribution < 1.29 is 14.1 Å². The zero-order valence-electron chi connectivity index (χ0n) is 17.8. The van der Waals surface area contributed by atoms with E-state index < -0.39 is 0 Å². The van der Waals surface area contributed by atoms with Gasteiger partial charge in [0, 0.05) is 19.5 Å². The van der Waals surface area contributed by atoms with Gasteiger partial charge in [0.05, 0.1) is 13.7 Å². The van der Waals surface area contributed by atoms with E-state index in [-0.39, 0.29) is 5.91 Å². The summed E-state index contributed by atoms with van der Waals surface area (Å²) in [5, 5.41) is 6.16. The van der Waals surface area contributed by atoms with Gasteiger partial charge in [-0.25, -0.2) is 0 Å². The lowest BCUT2D eigenvalue weighted by Crippen LogP contribution is -2.41. The van der Waals surface area contributed by atoms with Crippen LogP contribution in [0.5, 0.6) is 5.75 Å². The molecule has 3 aromatic rings. The molecule has 0 bridgehead atoms. The van der Waals surface area contributed by atoms with E-state index in [0.717, 1.165) is 53.9 Å². The number of aryl methyl sites for hydroxylation is 1. The van der Waals surface area contributed by atoms with Gasteiger partial charge >= 0.3 is 0 Å². The molecule has 1 aliphatic rings. The number of amides is 1. The molecule has 2 aromatic carbocycles. The predicted octanol–water partition coefficient (Wildman–Crippen LogP) is 3.38. The Morgan fingerprint density at radius 3 is 2.63 bits per heavy atom. The molecular weight excluding hydrogens is 380 g/mol. The molecule has 4 rings (SSSR count). The van der Waals surface area contributed by atoms with Crippen molar-refractivity contribution in [3.63, 3.8) is 0 Å². The topological polar surface area (TPSA) is 71.7 Å². The summed E-state index contributed by atoms with van der Waals surface area (Å²) >= 11 is 0. The van der Waals surface area contributed by atoms with Crippen LogP contribution in [0.1, 0.15) is 36.0 Å². The summed E-state index contributed by atoms with van der Waals surface area (Å²) in [5.41, 5.74) is 1.12. The largest absolute Gasteiger partial charge is 0.497 e. The fourth-order valence-corrected chi connectivity index (χ4v) is 3.99. The van der Waals surface area contributed by atoms with E-state index in [1.807, 2.05) is 26.1 Å².